The predicted molar refractivity (Wildman–Crippen MR) is 93.6 cm³/mol. The molecule has 0 aliphatic rings. The van der Waals surface area contributed by atoms with Crippen molar-refractivity contribution < 1.29 is 30.8 Å². The van der Waals surface area contributed by atoms with E-state index in [4.69, 9.17) is 5.26 Å². The minimum absolute atomic E-state index is 0.0923. The van der Waals surface area contributed by atoms with Crippen LogP contribution in [-0.4, -0.2) is 29.7 Å². The van der Waals surface area contributed by atoms with Crippen molar-refractivity contribution in [1.29, 1.82) is 5.26 Å². The third-order valence-corrected chi connectivity index (χ3v) is 4.39. The first kappa shape index (κ1) is 22.8. The molecule has 1 heterocycles. The molecular formula is C16H12F4N4O5S. The van der Waals surface area contributed by atoms with Crippen LogP contribution >= 0.6 is 0 Å². The van der Waals surface area contributed by atoms with Crippen molar-refractivity contribution in [1.82, 2.24) is 13.9 Å². The molecule has 0 bridgehead atoms. The van der Waals surface area contributed by atoms with E-state index in [9.17, 15) is 40.4 Å². The summed E-state index contributed by atoms with van der Waals surface area (Å²) in [4.78, 5) is 36.3. The SMILES string of the molecule is Cn1c(C(F)(F)F)cc(=O)n(-c2cc(CC(=O)NS(C)(=O)=O)c(C#N)cc2F)c1=O. The van der Waals surface area contributed by atoms with Gasteiger partial charge in [-0.15, -0.1) is 0 Å². The van der Waals surface area contributed by atoms with Crippen molar-refractivity contribution in [3.63, 3.8) is 0 Å². The van der Waals surface area contributed by atoms with Crippen LogP contribution in [0, 0.1) is 17.1 Å². The summed E-state index contributed by atoms with van der Waals surface area (Å²) in [6.07, 6.45) is -5.08. The first-order chi connectivity index (χ1) is 13.7. The van der Waals surface area contributed by atoms with E-state index in [-0.39, 0.29) is 20.8 Å². The standard InChI is InChI=1S/C16H12F4N4O5S/c1-23-12(16(18,19)20)6-14(26)24(15(23)27)11-4-8(9(7-21)3-10(11)17)5-13(25)22-30(2,28)29/h3-4,6H,5H2,1-2H3,(H,22,25). The summed E-state index contributed by atoms with van der Waals surface area (Å²) in [5, 5.41) is 9.10. The first-order valence-corrected chi connectivity index (χ1v) is 9.68. The zero-order valence-corrected chi connectivity index (χ0v) is 16.1. The van der Waals surface area contributed by atoms with Crippen LogP contribution in [0.5, 0.6) is 0 Å². The number of rotatable bonds is 4. The molecule has 1 aromatic heterocycles. The third kappa shape index (κ3) is 4.74. The van der Waals surface area contributed by atoms with Crippen LogP contribution < -0.4 is 16.0 Å². The van der Waals surface area contributed by atoms with Gasteiger partial charge in [-0.3, -0.25) is 18.9 Å². The number of halogens is 4. The lowest BCUT2D eigenvalue weighted by atomic mass is 10.0. The fourth-order valence-corrected chi connectivity index (χ4v) is 3.05. The summed E-state index contributed by atoms with van der Waals surface area (Å²) in [5.74, 6) is -2.39. The Labute approximate surface area is 165 Å². The first-order valence-electron chi connectivity index (χ1n) is 7.79. The molecule has 160 valence electrons. The van der Waals surface area contributed by atoms with Crippen LogP contribution in [0.2, 0.25) is 0 Å². The van der Waals surface area contributed by atoms with Gasteiger partial charge in [-0.1, -0.05) is 0 Å². The van der Waals surface area contributed by atoms with Crippen LogP contribution in [0.4, 0.5) is 17.6 Å². The molecule has 0 unspecified atom stereocenters. The molecule has 9 nitrogen and oxygen atoms in total. The summed E-state index contributed by atoms with van der Waals surface area (Å²) in [5.41, 5.74) is -6.06. The number of aromatic nitrogens is 2. The highest BCUT2D eigenvalue weighted by atomic mass is 32.2. The van der Waals surface area contributed by atoms with Crippen LogP contribution in [-0.2, 0) is 34.5 Å². The molecule has 0 spiro atoms. The molecule has 1 amide bonds. The molecule has 0 saturated heterocycles. The summed E-state index contributed by atoms with van der Waals surface area (Å²) in [6, 6.07) is 2.97. The molecule has 0 fully saturated rings. The zero-order valence-electron chi connectivity index (χ0n) is 15.2. The number of nitriles is 1. The molecule has 0 aliphatic heterocycles. The second kappa shape index (κ2) is 7.75. The van der Waals surface area contributed by atoms with Gasteiger partial charge < -0.3 is 0 Å². The molecular weight excluding hydrogens is 436 g/mol. The highest BCUT2D eigenvalue weighted by Gasteiger charge is 2.35. The maximum absolute atomic E-state index is 14.5. The Morgan fingerprint density at radius 3 is 2.33 bits per heavy atom. The number of benzene rings is 1. The van der Waals surface area contributed by atoms with E-state index in [0.29, 0.717) is 12.3 Å². The highest BCUT2D eigenvalue weighted by molar-refractivity contribution is 7.89. The number of nitrogens with one attached hydrogen (secondary N) is 1. The average Bonchev–Trinajstić information content (AvgIpc) is 2.57. The molecule has 0 atom stereocenters. The van der Waals surface area contributed by atoms with Crippen LogP contribution in [0.3, 0.4) is 0 Å². The Balaban J connectivity index is 2.71. The summed E-state index contributed by atoms with van der Waals surface area (Å²) < 4.78 is 77.4. The monoisotopic (exact) mass is 448 g/mol. The average molecular weight is 448 g/mol. The van der Waals surface area contributed by atoms with Gasteiger partial charge in [0.25, 0.3) is 5.56 Å². The summed E-state index contributed by atoms with van der Waals surface area (Å²) in [6.45, 7) is 0. The Bertz CT molecular complexity index is 1300. The van der Waals surface area contributed by atoms with E-state index in [1.165, 1.54) is 0 Å². The molecule has 1 N–H and O–H groups in total. The predicted octanol–water partition coefficient (Wildman–Crippen LogP) is 0.184. The largest absolute Gasteiger partial charge is 0.431 e. The number of carbonyl (C=O) groups excluding carboxylic acids is 1. The van der Waals surface area contributed by atoms with Gasteiger partial charge in [-0.25, -0.2) is 22.2 Å². The lowest BCUT2D eigenvalue weighted by Gasteiger charge is -2.15. The Morgan fingerprint density at radius 1 is 1.23 bits per heavy atom. The fourth-order valence-electron chi connectivity index (χ4n) is 2.56. The van der Waals surface area contributed by atoms with Crippen molar-refractivity contribution in [2.75, 3.05) is 6.26 Å². The third-order valence-electron chi connectivity index (χ3n) is 3.79. The van der Waals surface area contributed by atoms with E-state index in [1.807, 2.05) is 0 Å². The summed E-state index contributed by atoms with van der Waals surface area (Å²) >= 11 is 0. The molecule has 1 aromatic carbocycles. The van der Waals surface area contributed by atoms with Crippen molar-refractivity contribution in [3.05, 3.63) is 61.7 Å². The van der Waals surface area contributed by atoms with Gasteiger partial charge in [-0.05, 0) is 17.7 Å². The molecule has 0 saturated carbocycles. The number of hydrogen-bond donors (Lipinski definition) is 1. The molecule has 0 radical (unpaired) electrons. The van der Waals surface area contributed by atoms with Crippen molar-refractivity contribution in [2.24, 2.45) is 7.05 Å². The smallest absolute Gasteiger partial charge is 0.292 e. The van der Waals surface area contributed by atoms with Crippen molar-refractivity contribution >= 4 is 15.9 Å². The van der Waals surface area contributed by atoms with E-state index in [1.54, 1.807) is 10.8 Å². The van der Waals surface area contributed by atoms with E-state index >= 15 is 0 Å². The van der Waals surface area contributed by atoms with Gasteiger partial charge in [0, 0.05) is 13.1 Å². The maximum atomic E-state index is 14.5. The van der Waals surface area contributed by atoms with E-state index in [2.05, 4.69) is 0 Å². The normalized spacial score (nSPS) is 11.8. The second-order valence-corrected chi connectivity index (χ2v) is 7.84. The molecule has 14 heteroatoms. The lowest BCUT2D eigenvalue weighted by Crippen LogP contribution is -2.41. The summed E-state index contributed by atoms with van der Waals surface area (Å²) in [7, 11) is -3.22. The zero-order chi connectivity index (χ0) is 23.0. The minimum Gasteiger partial charge on any atom is -0.292 e. The van der Waals surface area contributed by atoms with Gasteiger partial charge in [0.2, 0.25) is 15.9 Å². The molecule has 2 aromatic rings. The number of sulfonamides is 1. The van der Waals surface area contributed by atoms with Gasteiger partial charge in [0.05, 0.1) is 30.0 Å². The molecule has 0 aliphatic carbocycles. The van der Waals surface area contributed by atoms with E-state index in [0.717, 1.165) is 13.1 Å². The van der Waals surface area contributed by atoms with Crippen molar-refractivity contribution in [2.45, 2.75) is 12.6 Å². The Kier molecular flexibility index (Phi) is 5.89. The van der Waals surface area contributed by atoms with Crippen LogP contribution in [0.25, 0.3) is 5.69 Å². The second-order valence-electron chi connectivity index (χ2n) is 6.09. The lowest BCUT2D eigenvalue weighted by molar-refractivity contribution is -0.144. The number of amides is 1. The Hall–Kier alpha value is -3.47. The van der Waals surface area contributed by atoms with Crippen molar-refractivity contribution in [3.8, 4) is 11.8 Å². The number of hydrogen-bond acceptors (Lipinski definition) is 6. The minimum atomic E-state index is -5.02. The molecule has 30 heavy (non-hydrogen) atoms. The topological polar surface area (TPSA) is 131 Å². The van der Waals surface area contributed by atoms with Gasteiger partial charge in [0.1, 0.15) is 11.5 Å². The number of carbonyl (C=O) groups is 1. The van der Waals surface area contributed by atoms with Gasteiger partial charge in [0.15, 0.2) is 0 Å². The number of alkyl halides is 3. The van der Waals surface area contributed by atoms with Gasteiger partial charge in [-0.2, -0.15) is 18.4 Å². The van der Waals surface area contributed by atoms with Crippen LogP contribution in [0.1, 0.15) is 16.8 Å². The number of nitrogens with zero attached hydrogens (tertiary/aromatic N) is 3. The Morgan fingerprint density at radius 2 is 1.83 bits per heavy atom. The van der Waals surface area contributed by atoms with E-state index < -0.39 is 62.5 Å². The quantitative estimate of drug-likeness (QED) is 0.665. The van der Waals surface area contributed by atoms with Crippen LogP contribution in [0.15, 0.2) is 27.8 Å². The molecule has 2 rings (SSSR count). The fraction of sp³-hybridized carbons (Fsp3) is 0.250. The highest BCUT2D eigenvalue weighted by Crippen LogP contribution is 2.27. The van der Waals surface area contributed by atoms with Gasteiger partial charge >= 0.3 is 11.9 Å². The maximum Gasteiger partial charge on any atom is 0.431 e.